The molecule has 1 aromatic carbocycles. The Morgan fingerprint density at radius 1 is 1.29 bits per heavy atom. The predicted molar refractivity (Wildman–Crippen MR) is 77.6 cm³/mol. The summed E-state index contributed by atoms with van der Waals surface area (Å²) >= 11 is 0. The van der Waals surface area contributed by atoms with Gasteiger partial charge in [-0.3, -0.25) is 0 Å². The van der Waals surface area contributed by atoms with Gasteiger partial charge in [0, 0.05) is 25.2 Å². The zero-order valence-electron chi connectivity index (χ0n) is 12.3. The third kappa shape index (κ3) is 4.48. The van der Waals surface area contributed by atoms with E-state index >= 15 is 0 Å². The van der Waals surface area contributed by atoms with E-state index in [0.29, 0.717) is 6.54 Å². The van der Waals surface area contributed by atoms with Crippen molar-refractivity contribution in [2.24, 2.45) is 5.92 Å². The summed E-state index contributed by atoms with van der Waals surface area (Å²) < 4.78 is 27.4. The third-order valence-corrected chi connectivity index (χ3v) is 4.05. The first kappa shape index (κ1) is 15.9. The van der Waals surface area contributed by atoms with Crippen LogP contribution in [0.3, 0.4) is 0 Å². The van der Waals surface area contributed by atoms with Crippen LogP contribution in [0.2, 0.25) is 0 Å². The first-order valence-electron chi connectivity index (χ1n) is 7.41. The number of nitrogens with zero attached hydrogens (tertiary/aromatic N) is 2. The fourth-order valence-corrected chi connectivity index (χ4v) is 2.57. The molecule has 0 amide bonds. The molecule has 0 aliphatic carbocycles. The van der Waals surface area contributed by atoms with Crippen molar-refractivity contribution in [1.82, 2.24) is 10.2 Å². The van der Waals surface area contributed by atoms with Crippen LogP contribution in [0.25, 0.3) is 0 Å². The average Bonchev–Trinajstić information content (AvgIpc) is 2.47. The number of hydrogen-bond acceptors (Lipinski definition) is 3. The maximum atomic E-state index is 13.7. The van der Waals surface area contributed by atoms with E-state index in [2.05, 4.69) is 17.1 Å². The Morgan fingerprint density at radius 3 is 2.48 bits per heavy atom. The van der Waals surface area contributed by atoms with Crippen molar-refractivity contribution in [2.45, 2.75) is 26.3 Å². The van der Waals surface area contributed by atoms with Crippen molar-refractivity contribution in [3.05, 3.63) is 34.9 Å². The lowest BCUT2D eigenvalue weighted by atomic mass is 9.99. The molecule has 1 saturated heterocycles. The molecule has 0 unspecified atom stereocenters. The molecule has 1 aliphatic rings. The van der Waals surface area contributed by atoms with Crippen LogP contribution in [-0.2, 0) is 6.54 Å². The molecule has 114 valence electrons. The van der Waals surface area contributed by atoms with Crippen LogP contribution in [0.1, 0.15) is 30.9 Å². The summed E-state index contributed by atoms with van der Waals surface area (Å²) in [7, 11) is 0. The molecule has 1 aliphatic heterocycles. The van der Waals surface area contributed by atoms with Gasteiger partial charge in [0.1, 0.15) is 11.6 Å². The second-order valence-corrected chi connectivity index (χ2v) is 5.73. The monoisotopic (exact) mass is 293 g/mol. The molecular formula is C16H21F2N3. The molecule has 0 spiro atoms. The normalized spacial score (nSPS) is 16.9. The number of benzene rings is 1. The topological polar surface area (TPSA) is 39.1 Å². The van der Waals surface area contributed by atoms with Gasteiger partial charge in [-0.1, -0.05) is 6.92 Å². The van der Waals surface area contributed by atoms with Gasteiger partial charge in [-0.05, 0) is 44.0 Å². The Hall–Kier alpha value is -1.51. The van der Waals surface area contributed by atoms with Crippen molar-refractivity contribution >= 4 is 0 Å². The Bertz CT molecular complexity index is 494. The van der Waals surface area contributed by atoms with Gasteiger partial charge in [-0.2, -0.15) is 5.26 Å². The summed E-state index contributed by atoms with van der Waals surface area (Å²) in [5, 5.41) is 11.7. The summed E-state index contributed by atoms with van der Waals surface area (Å²) in [6.07, 6.45) is 2.44. The molecule has 5 heteroatoms. The first-order chi connectivity index (χ1) is 10.1. The minimum absolute atomic E-state index is 0.00117. The first-order valence-corrected chi connectivity index (χ1v) is 7.41. The predicted octanol–water partition coefficient (Wildman–Crippen LogP) is 2.66. The van der Waals surface area contributed by atoms with Gasteiger partial charge in [0.2, 0.25) is 0 Å². The minimum atomic E-state index is -0.661. The summed E-state index contributed by atoms with van der Waals surface area (Å²) in [6, 6.07) is 3.89. The fraction of sp³-hybridized carbons (Fsp3) is 0.562. The maximum absolute atomic E-state index is 13.7. The Labute approximate surface area is 124 Å². The van der Waals surface area contributed by atoms with Crippen LogP contribution < -0.4 is 5.32 Å². The Morgan fingerprint density at radius 2 is 1.90 bits per heavy atom. The largest absolute Gasteiger partial charge is 0.311 e. The summed E-state index contributed by atoms with van der Waals surface area (Å²) in [5.41, 5.74) is 0.0115. The molecule has 21 heavy (non-hydrogen) atoms. The zero-order valence-corrected chi connectivity index (χ0v) is 12.3. The quantitative estimate of drug-likeness (QED) is 0.848. The van der Waals surface area contributed by atoms with Gasteiger partial charge in [-0.15, -0.1) is 0 Å². The maximum Gasteiger partial charge on any atom is 0.131 e. The minimum Gasteiger partial charge on any atom is -0.311 e. The number of nitrogens with one attached hydrogen (secondary N) is 1. The molecular weight excluding hydrogens is 272 g/mol. The highest BCUT2D eigenvalue weighted by Gasteiger charge is 2.15. The lowest BCUT2D eigenvalue weighted by molar-refractivity contribution is 0.193. The molecule has 1 fully saturated rings. The summed E-state index contributed by atoms with van der Waals surface area (Å²) in [5.74, 6) is -0.521. The van der Waals surface area contributed by atoms with Crippen LogP contribution in [0.5, 0.6) is 0 Å². The van der Waals surface area contributed by atoms with E-state index in [1.807, 2.05) is 0 Å². The lowest BCUT2D eigenvalue weighted by Crippen LogP contribution is -2.37. The Balaban J connectivity index is 1.78. The zero-order chi connectivity index (χ0) is 15.2. The van der Waals surface area contributed by atoms with Gasteiger partial charge < -0.3 is 10.2 Å². The molecule has 3 nitrogen and oxygen atoms in total. The smallest absolute Gasteiger partial charge is 0.131 e. The van der Waals surface area contributed by atoms with Crippen LogP contribution in [-0.4, -0.2) is 31.1 Å². The molecule has 0 atom stereocenters. The van der Waals surface area contributed by atoms with E-state index in [0.717, 1.165) is 37.7 Å². The Kier molecular flexibility index (Phi) is 5.66. The SMILES string of the molecule is CC1CCN(CCNCc2c(F)cc(C#N)cc2F)CC1. The summed E-state index contributed by atoms with van der Waals surface area (Å²) in [4.78, 5) is 2.37. The highest BCUT2D eigenvalue weighted by molar-refractivity contribution is 5.34. The van der Waals surface area contributed by atoms with Crippen molar-refractivity contribution in [3.63, 3.8) is 0 Å². The highest BCUT2D eigenvalue weighted by Crippen LogP contribution is 2.16. The van der Waals surface area contributed by atoms with Gasteiger partial charge in [0.25, 0.3) is 0 Å². The molecule has 1 aromatic rings. The van der Waals surface area contributed by atoms with Gasteiger partial charge in [0.15, 0.2) is 0 Å². The van der Waals surface area contributed by atoms with Crippen LogP contribution >= 0.6 is 0 Å². The van der Waals surface area contributed by atoms with Crippen molar-refractivity contribution in [3.8, 4) is 6.07 Å². The number of hydrogen-bond donors (Lipinski definition) is 1. The van der Waals surface area contributed by atoms with Crippen molar-refractivity contribution < 1.29 is 8.78 Å². The average molecular weight is 293 g/mol. The van der Waals surface area contributed by atoms with Crippen molar-refractivity contribution in [2.75, 3.05) is 26.2 Å². The molecule has 0 bridgehead atoms. The molecule has 0 aromatic heterocycles. The van der Waals surface area contributed by atoms with Crippen LogP contribution in [0.15, 0.2) is 12.1 Å². The van der Waals surface area contributed by atoms with Crippen LogP contribution in [0.4, 0.5) is 8.78 Å². The molecule has 2 rings (SSSR count). The van der Waals surface area contributed by atoms with E-state index in [1.54, 1.807) is 6.07 Å². The number of piperidine rings is 1. The third-order valence-electron chi connectivity index (χ3n) is 4.05. The highest BCUT2D eigenvalue weighted by atomic mass is 19.1. The van der Waals surface area contributed by atoms with E-state index in [4.69, 9.17) is 5.26 Å². The van der Waals surface area contributed by atoms with Gasteiger partial charge >= 0.3 is 0 Å². The van der Waals surface area contributed by atoms with Gasteiger partial charge in [-0.25, -0.2) is 8.78 Å². The molecule has 1 N–H and O–H groups in total. The fourth-order valence-electron chi connectivity index (χ4n) is 2.57. The second-order valence-electron chi connectivity index (χ2n) is 5.73. The summed E-state index contributed by atoms with van der Waals surface area (Å²) in [6.45, 7) is 6.21. The van der Waals surface area contributed by atoms with Crippen LogP contribution in [0, 0.1) is 28.9 Å². The van der Waals surface area contributed by atoms with Crippen molar-refractivity contribution in [1.29, 1.82) is 5.26 Å². The number of nitriles is 1. The lowest BCUT2D eigenvalue weighted by Gasteiger charge is -2.30. The van der Waals surface area contributed by atoms with Gasteiger partial charge in [0.05, 0.1) is 11.6 Å². The standard InChI is InChI=1S/C16H21F2N3/c1-12-2-5-21(6-3-12)7-4-20-11-14-15(17)8-13(10-19)9-16(14)18/h8-9,12,20H,2-7,11H2,1H3. The second kappa shape index (κ2) is 7.48. The number of rotatable bonds is 5. The molecule has 1 heterocycles. The van der Waals surface area contributed by atoms with E-state index in [-0.39, 0.29) is 17.7 Å². The number of halogens is 2. The molecule has 0 radical (unpaired) electrons. The van der Waals surface area contributed by atoms with E-state index < -0.39 is 11.6 Å². The molecule has 0 saturated carbocycles. The van der Waals surface area contributed by atoms with E-state index in [9.17, 15) is 8.78 Å². The number of likely N-dealkylation sites (tertiary alicyclic amines) is 1. The van der Waals surface area contributed by atoms with E-state index in [1.165, 1.54) is 12.8 Å².